The maximum Gasteiger partial charge on any atom is 0.124 e. The standard InChI is InChI=1S/C13H21NOS/c1-4-15-13-8-6-5-7-12(13)11(2)14-9-10-16-3/h5-8,11,14H,4,9-10H2,1-3H3. The Bertz CT molecular complexity index is 304. The molecule has 0 saturated carbocycles. The van der Waals surface area contributed by atoms with Crippen molar-refractivity contribution in [3.63, 3.8) is 0 Å². The van der Waals surface area contributed by atoms with Gasteiger partial charge in [0.1, 0.15) is 5.75 Å². The molecule has 1 atom stereocenters. The van der Waals surface area contributed by atoms with Crippen LogP contribution < -0.4 is 10.1 Å². The minimum absolute atomic E-state index is 0.342. The maximum atomic E-state index is 5.62. The lowest BCUT2D eigenvalue weighted by Gasteiger charge is -2.17. The molecule has 1 N–H and O–H groups in total. The van der Waals surface area contributed by atoms with E-state index in [2.05, 4.69) is 30.6 Å². The van der Waals surface area contributed by atoms with Crippen molar-refractivity contribution in [1.82, 2.24) is 5.32 Å². The van der Waals surface area contributed by atoms with Crippen molar-refractivity contribution in [1.29, 1.82) is 0 Å². The molecule has 1 unspecified atom stereocenters. The molecule has 0 fully saturated rings. The number of benzene rings is 1. The largest absolute Gasteiger partial charge is 0.494 e. The van der Waals surface area contributed by atoms with Gasteiger partial charge in [-0.05, 0) is 26.2 Å². The van der Waals surface area contributed by atoms with Gasteiger partial charge in [-0.2, -0.15) is 11.8 Å². The van der Waals surface area contributed by atoms with Crippen LogP contribution in [0.3, 0.4) is 0 Å². The van der Waals surface area contributed by atoms with Gasteiger partial charge in [0.2, 0.25) is 0 Å². The van der Waals surface area contributed by atoms with Gasteiger partial charge in [-0.3, -0.25) is 0 Å². The molecule has 0 aliphatic heterocycles. The molecule has 1 rings (SSSR count). The fraction of sp³-hybridized carbons (Fsp3) is 0.538. The molecule has 0 spiro atoms. The van der Waals surface area contributed by atoms with Crippen LogP contribution in [0.25, 0.3) is 0 Å². The molecule has 0 heterocycles. The van der Waals surface area contributed by atoms with E-state index in [1.165, 1.54) is 5.56 Å². The number of nitrogens with one attached hydrogen (secondary N) is 1. The van der Waals surface area contributed by atoms with Crippen LogP contribution in [-0.4, -0.2) is 25.2 Å². The van der Waals surface area contributed by atoms with Gasteiger partial charge < -0.3 is 10.1 Å². The zero-order valence-electron chi connectivity index (χ0n) is 10.3. The van der Waals surface area contributed by atoms with Crippen LogP contribution in [0.5, 0.6) is 5.75 Å². The highest BCUT2D eigenvalue weighted by molar-refractivity contribution is 7.98. The van der Waals surface area contributed by atoms with Crippen molar-refractivity contribution in [3.8, 4) is 5.75 Å². The summed E-state index contributed by atoms with van der Waals surface area (Å²) >= 11 is 1.86. The minimum Gasteiger partial charge on any atom is -0.494 e. The first-order chi connectivity index (χ1) is 7.79. The smallest absolute Gasteiger partial charge is 0.124 e. The summed E-state index contributed by atoms with van der Waals surface area (Å²) in [6.07, 6.45) is 2.13. The monoisotopic (exact) mass is 239 g/mol. The summed E-state index contributed by atoms with van der Waals surface area (Å²) in [7, 11) is 0. The number of ether oxygens (including phenoxy) is 1. The second-order valence-corrected chi connectivity index (χ2v) is 4.63. The lowest BCUT2D eigenvalue weighted by molar-refractivity contribution is 0.332. The first-order valence-corrected chi connectivity index (χ1v) is 7.13. The van der Waals surface area contributed by atoms with E-state index < -0.39 is 0 Å². The van der Waals surface area contributed by atoms with Crippen molar-refractivity contribution in [2.75, 3.05) is 25.2 Å². The van der Waals surface area contributed by atoms with Crippen LogP contribution in [0.4, 0.5) is 0 Å². The Balaban J connectivity index is 2.62. The number of para-hydroxylation sites is 1. The molecule has 0 radical (unpaired) electrons. The Kier molecular flexibility index (Phi) is 6.34. The van der Waals surface area contributed by atoms with E-state index in [0.29, 0.717) is 12.6 Å². The average molecular weight is 239 g/mol. The second kappa shape index (κ2) is 7.58. The summed E-state index contributed by atoms with van der Waals surface area (Å²) in [6, 6.07) is 8.58. The van der Waals surface area contributed by atoms with E-state index >= 15 is 0 Å². The van der Waals surface area contributed by atoms with E-state index in [-0.39, 0.29) is 0 Å². The highest BCUT2D eigenvalue weighted by atomic mass is 32.2. The summed E-state index contributed by atoms with van der Waals surface area (Å²) < 4.78 is 5.62. The molecule has 90 valence electrons. The summed E-state index contributed by atoms with van der Waals surface area (Å²) in [4.78, 5) is 0. The minimum atomic E-state index is 0.342. The van der Waals surface area contributed by atoms with Crippen LogP contribution in [0.1, 0.15) is 25.5 Å². The van der Waals surface area contributed by atoms with Crippen molar-refractivity contribution >= 4 is 11.8 Å². The maximum absolute atomic E-state index is 5.62. The Labute approximate surface area is 103 Å². The number of hydrogen-bond donors (Lipinski definition) is 1. The quantitative estimate of drug-likeness (QED) is 0.739. The molecular weight excluding hydrogens is 218 g/mol. The highest BCUT2D eigenvalue weighted by Gasteiger charge is 2.09. The summed E-state index contributed by atoms with van der Waals surface area (Å²) in [5, 5.41) is 3.50. The van der Waals surface area contributed by atoms with Gasteiger partial charge in [-0.1, -0.05) is 18.2 Å². The predicted molar refractivity (Wildman–Crippen MR) is 72.4 cm³/mol. The molecule has 0 aliphatic carbocycles. The van der Waals surface area contributed by atoms with Gasteiger partial charge in [0, 0.05) is 23.9 Å². The summed E-state index contributed by atoms with van der Waals surface area (Å²) in [6.45, 7) is 5.94. The zero-order chi connectivity index (χ0) is 11.8. The first kappa shape index (κ1) is 13.4. The van der Waals surface area contributed by atoms with E-state index in [9.17, 15) is 0 Å². The Morgan fingerprint density at radius 2 is 2.12 bits per heavy atom. The number of hydrogen-bond acceptors (Lipinski definition) is 3. The number of rotatable bonds is 7. The van der Waals surface area contributed by atoms with E-state index in [1.807, 2.05) is 30.8 Å². The van der Waals surface area contributed by atoms with Gasteiger partial charge in [0.05, 0.1) is 6.61 Å². The molecular formula is C13H21NOS. The van der Waals surface area contributed by atoms with Crippen molar-refractivity contribution in [3.05, 3.63) is 29.8 Å². The predicted octanol–water partition coefficient (Wildman–Crippen LogP) is 3.10. The molecule has 3 heteroatoms. The van der Waals surface area contributed by atoms with Crippen LogP contribution >= 0.6 is 11.8 Å². The molecule has 1 aromatic carbocycles. The lowest BCUT2D eigenvalue weighted by Crippen LogP contribution is -2.21. The van der Waals surface area contributed by atoms with E-state index in [4.69, 9.17) is 4.74 Å². The molecule has 0 bridgehead atoms. The zero-order valence-corrected chi connectivity index (χ0v) is 11.1. The third-order valence-corrected chi connectivity index (χ3v) is 3.05. The fourth-order valence-electron chi connectivity index (χ4n) is 1.61. The molecule has 0 aromatic heterocycles. The molecule has 2 nitrogen and oxygen atoms in total. The van der Waals surface area contributed by atoms with Gasteiger partial charge in [0.15, 0.2) is 0 Å². The van der Waals surface area contributed by atoms with Crippen LogP contribution in [-0.2, 0) is 0 Å². The van der Waals surface area contributed by atoms with Gasteiger partial charge in [-0.25, -0.2) is 0 Å². The summed E-state index contributed by atoms with van der Waals surface area (Å²) in [5.41, 5.74) is 1.24. The average Bonchev–Trinajstić information content (AvgIpc) is 2.30. The van der Waals surface area contributed by atoms with Crippen molar-refractivity contribution in [2.45, 2.75) is 19.9 Å². The summed E-state index contributed by atoms with van der Waals surface area (Å²) in [5.74, 6) is 2.13. The lowest BCUT2D eigenvalue weighted by atomic mass is 10.1. The van der Waals surface area contributed by atoms with Crippen molar-refractivity contribution in [2.24, 2.45) is 0 Å². The SMILES string of the molecule is CCOc1ccccc1C(C)NCCSC. The third-order valence-electron chi connectivity index (χ3n) is 2.44. The molecule has 0 saturated heterocycles. The van der Waals surface area contributed by atoms with Gasteiger partial charge in [-0.15, -0.1) is 0 Å². The third kappa shape index (κ3) is 4.06. The van der Waals surface area contributed by atoms with Gasteiger partial charge in [0.25, 0.3) is 0 Å². The van der Waals surface area contributed by atoms with Crippen LogP contribution in [0.2, 0.25) is 0 Å². The first-order valence-electron chi connectivity index (χ1n) is 5.73. The van der Waals surface area contributed by atoms with E-state index in [0.717, 1.165) is 18.0 Å². The topological polar surface area (TPSA) is 21.3 Å². The molecule has 1 aromatic rings. The van der Waals surface area contributed by atoms with Crippen molar-refractivity contribution < 1.29 is 4.74 Å². The second-order valence-electron chi connectivity index (χ2n) is 3.64. The highest BCUT2D eigenvalue weighted by Crippen LogP contribution is 2.24. The Hall–Kier alpha value is -0.670. The van der Waals surface area contributed by atoms with Crippen LogP contribution in [0, 0.1) is 0 Å². The molecule has 0 amide bonds. The van der Waals surface area contributed by atoms with Gasteiger partial charge >= 0.3 is 0 Å². The Morgan fingerprint density at radius 1 is 1.38 bits per heavy atom. The molecule has 16 heavy (non-hydrogen) atoms. The van der Waals surface area contributed by atoms with Crippen LogP contribution in [0.15, 0.2) is 24.3 Å². The number of thioether (sulfide) groups is 1. The normalized spacial score (nSPS) is 12.4. The molecule has 0 aliphatic rings. The fourth-order valence-corrected chi connectivity index (χ4v) is 1.93. The van der Waals surface area contributed by atoms with E-state index in [1.54, 1.807) is 0 Å². The Morgan fingerprint density at radius 3 is 2.81 bits per heavy atom.